The molecule has 0 aliphatic rings. The number of nitrogens with zero attached hydrogens (tertiary/aromatic N) is 1. The van der Waals surface area contributed by atoms with Crippen LogP contribution in [0.2, 0.25) is 0 Å². The van der Waals surface area contributed by atoms with Crippen LogP contribution in [0.1, 0.15) is 20.3 Å². The summed E-state index contributed by atoms with van der Waals surface area (Å²) in [6.07, 6.45) is 0.655. The first-order valence-electron chi connectivity index (χ1n) is 6.76. The van der Waals surface area contributed by atoms with Crippen molar-refractivity contribution in [3.8, 4) is 5.75 Å². The second-order valence-electron chi connectivity index (χ2n) is 5.07. The van der Waals surface area contributed by atoms with Crippen LogP contribution in [0.5, 0.6) is 5.75 Å². The molecule has 1 aromatic rings. The molecule has 0 fully saturated rings. The van der Waals surface area contributed by atoms with Crippen molar-refractivity contribution in [3.63, 3.8) is 0 Å². The van der Waals surface area contributed by atoms with E-state index in [1.54, 1.807) is 31.4 Å². The fraction of sp³-hybridized carbons (Fsp3) is 0.571. The van der Waals surface area contributed by atoms with Crippen molar-refractivity contribution in [2.24, 2.45) is 11.7 Å². The monoisotopic (exact) mass is 300 g/mol. The van der Waals surface area contributed by atoms with Gasteiger partial charge in [-0.3, -0.25) is 0 Å². The molecule has 1 aromatic carbocycles. The summed E-state index contributed by atoms with van der Waals surface area (Å²) in [7, 11) is -1.92. The highest BCUT2D eigenvalue weighted by molar-refractivity contribution is 7.89. The van der Waals surface area contributed by atoms with Crippen LogP contribution in [0.15, 0.2) is 29.2 Å². The maximum atomic E-state index is 12.6. The normalized spacial score (nSPS) is 12.1. The van der Waals surface area contributed by atoms with Crippen molar-refractivity contribution in [3.05, 3.63) is 24.3 Å². The second kappa shape index (κ2) is 7.61. The fourth-order valence-electron chi connectivity index (χ4n) is 1.88. The Morgan fingerprint density at radius 2 is 1.85 bits per heavy atom. The molecule has 20 heavy (non-hydrogen) atoms. The first-order chi connectivity index (χ1) is 9.41. The van der Waals surface area contributed by atoms with Gasteiger partial charge in [-0.05, 0) is 43.1 Å². The van der Waals surface area contributed by atoms with Crippen LogP contribution in [-0.2, 0) is 10.0 Å². The first-order valence-corrected chi connectivity index (χ1v) is 8.20. The molecule has 0 aliphatic heterocycles. The zero-order chi connectivity index (χ0) is 15.2. The quantitative estimate of drug-likeness (QED) is 0.793. The van der Waals surface area contributed by atoms with E-state index in [1.165, 1.54) is 4.31 Å². The Bertz CT molecular complexity index is 498. The molecule has 0 saturated carbocycles. The van der Waals surface area contributed by atoms with E-state index < -0.39 is 10.0 Å². The fourth-order valence-corrected chi connectivity index (χ4v) is 3.52. The first kappa shape index (κ1) is 16.9. The summed E-state index contributed by atoms with van der Waals surface area (Å²) in [5.41, 5.74) is 5.49. The smallest absolute Gasteiger partial charge is 0.243 e. The van der Waals surface area contributed by atoms with E-state index in [2.05, 4.69) is 0 Å². The van der Waals surface area contributed by atoms with Crippen LogP contribution in [0, 0.1) is 5.92 Å². The molecular weight excluding hydrogens is 276 g/mol. The minimum atomic E-state index is -3.47. The average molecular weight is 300 g/mol. The highest BCUT2D eigenvalue weighted by Crippen LogP contribution is 2.20. The van der Waals surface area contributed by atoms with E-state index in [0.29, 0.717) is 31.8 Å². The molecule has 0 spiro atoms. The molecule has 0 unspecified atom stereocenters. The second-order valence-corrected chi connectivity index (χ2v) is 7.01. The summed E-state index contributed by atoms with van der Waals surface area (Å²) in [5, 5.41) is 0. The molecule has 114 valence electrons. The zero-order valence-corrected chi connectivity index (χ0v) is 13.2. The Labute approximate surface area is 121 Å². The number of benzene rings is 1. The predicted octanol–water partition coefficient (Wildman–Crippen LogP) is 1.69. The maximum absolute atomic E-state index is 12.6. The molecule has 0 aliphatic carbocycles. The van der Waals surface area contributed by atoms with E-state index in [1.807, 2.05) is 13.8 Å². The van der Waals surface area contributed by atoms with Gasteiger partial charge < -0.3 is 10.5 Å². The molecule has 0 heterocycles. The summed E-state index contributed by atoms with van der Waals surface area (Å²) in [6, 6.07) is 6.46. The van der Waals surface area contributed by atoms with Gasteiger partial charge in [0.05, 0.1) is 12.0 Å². The lowest BCUT2D eigenvalue weighted by molar-refractivity contribution is 0.364. The van der Waals surface area contributed by atoms with Gasteiger partial charge in [0.2, 0.25) is 10.0 Å². The molecule has 0 amide bonds. The summed E-state index contributed by atoms with van der Waals surface area (Å²) < 4.78 is 31.8. The number of hydrogen-bond acceptors (Lipinski definition) is 4. The number of rotatable bonds is 8. The minimum Gasteiger partial charge on any atom is -0.497 e. The number of nitrogens with two attached hydrogens (primary N) is 1. The van der Waals surface area contributed by atoms with Gasteiger partial charge in [0.1, 0.15) is 5.75 Å². The van der Waals surface area contributed by atoms with Gasteiger partial charge in [-0.15, -0.1) is 0 Å². The van der Waals surface area contributed by atoms with Crippen LogP contribution < -0.4 is 10.5 Å². The Balaban J connectivity index is 3.00. The largest absolute Gasteiger partial charge is 0.497 e. The van der Waals surface area contributed by atoms with Crippen molar-refractivity contribution < 1.29 is 13.2 Å². The molecular formula is C14H24N2O3S. The summed E-state index contributed by atoms with van der Waals surface area (Å²) in [5.74, 6) is 0.905. The highest BCUT2D eigenvalue weighted by atomic mass is 32.2. The van der Waals surface area contributed by atoms with Crippen LogP contribution in [0.25, 0.3) is 0 Å². The Kier molecular flexibility index (Phi) is 6.45. The van der Waals surface area contributed by atoms with Crippen LogP contribution in [0.3, 0.4) is 0 Å². The zero-order valence-electron chi connectivity index (χ0n) is 12.4. The van der Waals surface area contributed by atoms with E-state index in [-0.39, 0.29) is 10.8 Å². The van der Waals surface area contributed by atoms with E-state index >= 15 is 0 Å². The maximum Gasteiger partial charge on any atom is 0.243 e. The third-order valence-corrected chi connectivity index (χ3v) is 4.76. The molecule has 0 atom stereocenters. The highest BCUT2D eigenvalue weighted by Gasteiger charge is 2.24. The van der Waals surface area contributed by atoms with E-state index in [9.17, 15) is 8.42 Å². The van der Waals surface area contributed by atoms with Gasteiger partial charge in [-0.2, -0.15) is 4.31 Å². The SMILES string of the molecule is COc1ccc(S(=O)(=O)N(CCCN)CC(C)C)cc1. The standard InChI is InChI=1S/C14H24N2O3S/c1-12(2)11-16(10-4-9-15)20(17,18)14-7-5-13(19-3)6-8-14/h5-8,12H,4,9-11,15H2,1-3H3. The third-order valence-electron chi connectivity index (χ3n) is 2.88. The van der Waals surface area contributed by atoms with Gasteiger partial charge in [-0.25, -0.2) is 8.42 Å². The average Bonchev–Trinajstić information content (AvgIpc) is 2.43. The lowest BCUT2D eigenvalue weighted by Gasteiger charge is -2.23. The number of hydrogen-bond donors (Lipinski definition) is 1. The topological polar surface area (TPSA) is 72.6 Å². The molecule has 0 bridgehead atoms. The minimum absolute atomic E-state index is 0.265. The van der Waals surface area contributed by atoms with Crippen molar-refractivity contribution in [2.45, 2.75) is 25.2 Å². The Morgan fingerprint density at radius 3 is 2.30 bits per heavy atom. The molecule has 5 nitrogen and oxygen atoms in total. The lowest BCUT2D eigenvalue weighted by Crippen LogP contribution is -2.35. The van der Waals surface area contributed by atoms with Crippen molar-refractivity contribution in [2.75, 3.05) is 26.7 Å². The summed E-state index contributed by atoms with van der Waals surface area (Å²) in [6.45, 7) is 5.42. The van der Waals surface area contributed by atoms with Gasteiger partial charge in [-0.1, -0.05) is 13.8 Å². The third kappa shape index (κ3) is 4.47. The summed E-state index contributed by atoms with van der Waals surface area (Å²) >= 11 is 0. The van der Waals surface area contributed by atoms with E-state index in [4.69, 9.17) is 10.5 Å². The van der Waals surface area contributed by atoms with Crippen LogP contribution >= 0.6 is 0 Å². The Hall–Kier alpha value is -1.11. The molecule has 2 N–H and O–H groups in total. The van der Waals surface area contributed by atoms with Crippen LogP contribution in [0.4, 0.5) is 0 Å². The van der Waals surface area contributed by atoms with Gasteiger partial charge >= 0.3 is 0 Å². The number of ether oxygens (including phenoxy) is 1. The van der Waals surface area contributed by atoms with Gasteiger partial charge in [0.15, 0.2) is 0 Å². The molecule has 6 heteroatoms. The molecule has 0 saturated heterocycles. The van der Waals surface area contributed by atoms with Crippen molar-refractivity contribution in [1.29, 1.82) is 0 Å². The molecule has 1 rings (SSSR count). The predicted molar refractivity (Wildman–Crippen MR) is 80.3 cm³/mol. The van der Waals surface area contributed by atoms with Crippen molar-refractivity contribution in [1.82, 2.24) is 4.31 Å². The molecule has 0 radical (unpaired) electrons. The van der Waals surface area contributed by atoms with Crippen LogP contribution in [-0.4, -0.2) is 39.5 Å². The lowest BCUT2D eigenvalue weighted by atomic mass is 10.2. The Morgan fingerprint density at radius 1 is 1.25 bits per heavy atom. The van der Waals surface area contributed by atoms with Gasteiger partial charge in [0, 0.05) is 13.1 Å². The van der Waals surface area contributed by atoms with Crippen molar-refractivity contribution >= 4 is 10.0 Å². The molecule has 0 aromatic heterocycles. The van der Waals surface area contributed by atoms with E-state index in [0.717, 1.165) is 0 Å². The number of methoxy groups -OCH3 is 1. The summed E-state index contributed by atoms with van der Waals surface area (Å²) in [4.78, 5) is 0.288. The van der Waals surface area contributed by atoms with Gasteiger partial charge in [0.25, 0.3) is 0 Å². The number of sulfonamides is 1.